The lowest BCUT2D eigenvalue weighted by Gasteiger charge is -2.25. The van der Waals surface area contributed by atoms with Crippen LogP contribution in [0, 0.1) is 0 Å². The first-order chi connectivity index (χ1) is 10.2. The van der Waals surface area contributed by atoms with Crippen LogP contribution in [0.4, 0.5) is 0 Å². The maximum atomic E-state index is 12.4. The van der Waals surface area contributed by atoms with Crippen LogP contribution in [0.15, 0.2) is 12.3 Å². The molecule has 1 fully saturated rings. The minimum absolute atomic E-state index is 0.0429. The third-order valence-electron chi connectivity index (χ3n) is 3.51. The van der Waals surface area contributed by atoms with Crippen molar-refractivity contribution >= 4 is 11.9 Å². The highest BCUT2D eigenvalue weighted by Crippen LogP contribution is 2.14. The predicted molar refractivity (Wildman–Crippen MR) is 74.5 cm³/mol. The summed E-state index contributed by atoms with van der Waals surface area (Å²) in [5.41, 5.74) is 0.760. The van der Waals surface area contributed by atoms with Gasteiger partial charge in [0.1, 0.15) is 0 Å². The number of carbonyl (C=O) groups excluding carboxylic acids is 2. The van der Waals surface area contributed by atoms with Crippen LogP contribution < -0.4 is 0 Å². The van der Waals surface area contributed by atoms with Gasteiger partial charge in [-0.25, -0.2) is 0 Å². The highest BCUT2D eigenvalue weighted by atomic mass is 16.5. The van der Waals surface area contributed by atoms with E-state index in [0.29, 0.717) is 13.1 Å². The lowest BCUT2D eigenvalue weighted by Crippen LogP contribution is -2.39. The summed E-state index contributed by atoms with van der Waals surface area (Å²) in [6, 6.07) is 1.77. The molecule has 116 valence electrons. The van der Waals surface area contributed by atoms with Gasteiger partial charge >= 0.3 is 5.97 Å². The van der Waals surface area contributed by atoms with Crippen molar-refractivity contribution in [2.24, 2.45) is 0 Å². The zero-order valence-electron chi connectivity index (χ0n) is 12.2. The Bertz CT molecular complexity index is 455. The summed E-state index contributed by atoms with van der Waals surface area (Å²) >= 11 is 0. The number of rotatable bonds is 7. The Labute approximate surface area is 123 Å². The van der Waals surface area contributed by atoms with Gasteiger partial charge in [0.15, 0.2) is 0 Å². The molecular weight excluding hydrogens is 274 g/mol. The number of nitrogens with one attached hydrogen (secondary N) is 1. The molecule has 21 heavy (non-hydrogen) atoms. The molecule has 7 heteroatoms. The second kappa shape index (κ2) is 7.78. The normalized spacial score (nSPS) is 17.7. The van der Waals surface area contributed by atoms with Gasteiger partial charge in [0, 0.05) is 31.6 Å². The molecule has 1 aromatic rings. The summed E-state index contributed by atoms with van der Waals surface area (Å²) in [5.74, 6) is -0.361. The number of carbonyl (C=O) groups is 2. The van der Waals surface area contributed by atoms with Crippen molar-refractivity contribution in [1.82, 2.24) is 15.1 Å². The molecular formula is C14H21N3O4. The molecule has 1 aromatic heterocycles. The van der Waals surface area contributed by atoms with Crippen LogP contribution in [0.2, 0.25) is 0 Å². The van der Waals surface area contributed by atoms with Gasteiger partial charge in [-0.05, 0) is 18.9 Å². The van der Waals surface area contributed by atoms with Crippen molar-refractivity contribution in [2.75, 3.05) is 26.8 Å². The summed E-state index contributed by atoms with van der Waals surface area (Å²) in [6.45, 7) is 1.60. The number of esters is 1. The fraction of sp³-hybridized carbons (Fsp3) is 0.643. The maximum Gasteiger partial charge on any atom is 0.307 e. The molecule has 1 aliphatic heterocycles. The topological polar surface area (TPSA) is 84.5 Å². The van der Waals surface area contributed by atoms with Gasteiger partial charge in [0.25, 0.3) is 0 Å². The van der Waals surface area contributed by atoms with Crippen LogP contribution in [0.25, 0.3) is 0 Å². The van der Waals surface area contributed by atoms with Gasteiger partial charge in [-0.1, -0.05) is 0 Å². The van der Waals surface area contributed by atoms with Crippen molar-refractivity contribution in [3.05, 3.63) is 18.0 Å². The lowest BCUT2D eigenvalue weighted by atomic mass is 10.2. The van der Waals surface area contributed by atoms with Crippen molar-refractivity contribution < 1.29 is 19.1 Å². The standard InChI is InChI=1S/C14H21N3O4/c1-20-14(19)5-7-17(10-12-3-2-8-21-12)13(18)9-11-4-6-15-16-11/h4,6,12H,2-3,5,7-10H2,1H3,(H,15,16). The molecule has 1 saturated heterocycles. The van der Waals surface area contributed by atoms with E-state index in [9.17, 15) is 9.59 Å². The van der Waals surface area contributed by atoms with Crippen LogP contribution in [-0.4, -0.2) is 59.9 Å². The Morgan fingerprint density at radius 2 is 2.43 bits per heavy atom. The summed E-state index contributed by atoms with van der Waals surface area (Å²) in [6.07, 6.45) is 4.08. The van der Waals surface area contributed by atoms with Gasteiger partial charge in [-0.15, -0.1) is 0 Å². The molecule has 1 atom stereocenters. The maximum absolute atomic E-state index is 12.4. The molecule has 0 bridgehead atoms. The predicted octanol–water partition coefficient (Wildman–Crippen LogP) is 0.523. The fourth-order valence-corrected chi connectivity index (χ4v) is 2.34. The van der Waals surface area contributed by atoms with E-state index in [4.69, 9.17) is 4.74 Å². The van der Waals surface area contributed by atoms with E-state index in [1.54, 1.807) is 17.2 Å². The summed E-state index contributed by atoms with van der Waals surface area (Å²) in [5, 5.41) is 6.60. The first-order valence-electron chi connectivity index (χ1n) is 7.13. The van der Waals surface area contributed by atoms with Crippen molar-refractivity contribution in [1.29, 1.82) is 0 Å². The average Bonchev–Trinajstić information content (AvgIpc) is 3.16. The quantitative estimate of drug-likeness (QED) is 0.741. The molecule has 0 saturated carbocycles. The smallest absolute Gasteiger partial charge is 0.307 e. The molecule has 2 rings (SSSR count). The summed E-state index contributed by atoms with van der Waals surface area (Å²) < 4.78 is 10.2. The molecule has 0 aromatic carbocycles. The Hall–Kier alpha value is -1.89. The Morgan fingerprint density at radius 1 is 1.57 bits per heavy atom. The molecule has 0 radical (unpaired) electrons. The monoisotopic (exact) mass is 295 g/mol. The Morgan fingerprint density at radius 3 is 3.05 bits per heavy atom. The summed E-state index contributed by atoms with van der Waals surface area (Å²) in [7, 11) is 1.35. The number of hydrogen-bond acceptors (Lipinski definition) is 5. The third-order valence-corrected chi connectivity index (χ3v) is 3.51. The van der Waals surface area contributed by atoms with Gasteiger partial charge < -0.3 is 14.4 Å². The van der Waals surface area contributed by atoms with E-state index in [2.05, 4.69) is 14.9 Å². The van der Waals surface area contributed by atoms with Gasteiger partial charge in [0.05, 0.1) is 26.1 Å². The molecule has 1 N–H and O–H groups in total. The largest absolute Gasteiger partial charge is 0.469 e. The zero-order valence-corrected chi connectivity index (χ0v) is 12.2. The second-order valence-electron chi connectivity index (χ2n) is 5.06. The molecule has 1 amide bonds. The molecule has 2 heterocycles. The zero-order chi connectivity index (χ0) is 15.1. The Balaban J connectivity index is 1.92. The van der Waals surface area contributed by atoms with Crippen LogP contribution >= 0.6 is 0 Å². The molecule has 7 nitrogen and oxygen atoms in total. The number of H-pyrrole nitrogens is 1. The van der Waals surface area contributed by atoms with Crippen molar-refractivity contribution in [3.8, 4) is 0 Å². The van der Waals surface area contributed by atoms with E-state index in [0.717, 1.165) is 25.1 Å². The van der Waals surface area contributed by atoms with Crippen molar-refractivity contribution in [3.63, 3.8) is 0 Å². The van der Waals surface area contributed by atoms with Gasteiger partial charge in [-0.3, -0.25) is 14.7 Å². The van der Waals surface area contributed by atoms with Gasteiger partial charge in [-0.2, -0.15) is 5.10 Å². The first kappa shape index (κ1) is 15.5. The van der Waals surface area contributed by atoms with E-state index < -0.39 is 0 Å². The Kier molecular flexibility index (Phi) is 5.74. The number of ether oxygens (including phenoxy) is 2. The van der Waals surface area contributed by atoms with E-state index in [1.165, 1.54) is 7.11 Å². The lowest BCUT2D eigenvalue weighted by molar-refractivity contribution is -0.142. The highest BCUT2D eigenvalue weighted by Gasteiger charge is 2.23. The molecule has 1 unspecified atom stereocenters. The van der Waals surface area contributed by atoms with E-state index >= 15 is 0 Å². The van der Waals surface area contributed by atoms with E-state index in [-0.39, 0.29) is 30.8 Å². The average molecular weight is 295 g/mol. The molecule has 1 aliphatic rings. The van der Waals surface area contributed by atoms with Crippen LogP contribution in [0.1, 0.15) is 25.0 Å². The summed E-state index contributed by atoms with van der Waals surface area (Å²) in [4.78, 5) is 25.3. The van der Waals surface area contributed by atoms with Crippen LogP contribution in [-0.2, 0) is 25.5 Å². The number of aromatic amines is 1. The van der Waals surface area contributed by atoms with Crippen LogP contribution in [0.3, 0.4) is 0 Å². The minimum atomic E-state index is -0.318. The number of methoxy groups -OCH3 is 1. The fourth-order valence-electron chi connectivity index (χ4n) is 2.34. The number of hydrogen-bond donors (Lipinski definition) is 1. The molecule has 0 spiro atoms. The van der Waals surface area contributed by atoms with E-state index in [1.807, 2.05) is 0 Å². The SMILES string of the molecule is COC(=O)CCN(CC1CCCO1)C(=O)Cc1ccn[nH]1. The second-order valence-corrected chi connectivity index (χ2v) is 5.06. The highest BCUT2D eigenvalue weighted by molar-refractivity contribution is 5.79. The first-order valence-corrected chi connectivity index (χ1v) is 7.13. The number of aromatic nitrogens is 2. The van der Waals surface area contributed by atoms with Gasteiger partial charge in [0.2, 0.25) is 5.91 Å². The van der Waals surface area contributed by atoms with Crippen molar-refractivity contribution in [2.45, 2.75) is 31.8 Å². The molecule has 0 aliphatic carbocycles. The number of nitrogens with zero attached hydrogens (tertiary/aromatic N) is 2. The third kappa shape index (κ3) is 4.86. The van der Waals surface area contributed by atoms with Crippen LogP contribution in [0.5, 0.6) is 0 Å². The number of amides is 1. The minimum Gasteiger partial charge on any atom is -0.469 e.